The highest BCUT2D eigenvalue weighted by Gasteiger charge is 2.15. The van der Waals surface area contributed by atoms with Crippen molar-refractivity contribution in [3.63, 3.8) is 0 Å². The average Bonchev–Trinajstić information content (AvgIpc) is 2.73. The summed E-state index contributed by atoms with van der Waals surface area (Å²) in [6.07, 6.45) is 0. The molecule has 0 aliphatic carbocycles. The third-order valence-corrected chi connectivity index (χ3v) is 2.41. The molecule has 2 N–H and O–H groups in total. The number of carboxylic acids is 1. The Kier molecular flexibility index (Phi) is 3.46. The van der Waals surface area contributed by atoms with E-state index in [2.05, 4.69) is 10.5 Å². The number of carboxylic acid groups (broad SMARTS) is 1. The number of rotatable bonds is 4. The fraction of sp³-hybridized carbons (Fsp3) is 0.167. The molecule has 0 spiro atoms. The molecule has 0 unspecified atom stereocenters. The number of hydrogen-bond donors (Lipinski definition) is 2. The summed E-state index contributed by atoms with van der Waals surface area (Å²) in [7, 11) is 0. The molecule has 0 bridgehead atoms. The topological polar surface area (TPSA) is 75.4 Å². The molecule has 5 nitrogen and oxygen atoms in total. The molecule has 0 saturated carbocycles. The number of aromatic carboxylic acids is 1. The molecule has 100 valence electrons. The van der Waals surface area contributed by atoms with Gasteiger partial charge in [0, 0.05) is 6.07 Å². The Morgan fingerprint density at radius 3 is 2.47 bits per heavy atom. The highest BCUT2D eigenvalue weighted by Crippen LogP contribution is 2.21. The smallest absolute Gasteiger partial charge is 0.335 e. The van der Waals surface area contributed by atoms with E-state index in [0.29, 0.717) is 11.5 Å². The van der Waals surface area contributed by atoms with Gasteiger partial charge in [0.15, 0.2) is 5.76 Å². The van der Waals surface area contributed by atoms with Crippen molar-refractivity contribution in [2.75, 3.05) is 5.32 Å². The van der Waals surface area contributed by atoms with E-state index in [1.165, 1.54) is 0 Å². The lowest BCUT2D eigenvalue weighted by atomic mass is 10.2. The van der Waals surface area contributed by atoms with Crippen LogP contribution < -0.4 is 5.32 Å². The van der Waals surface area contributed by atoms with Crippen LogP contribution in [0.5, 0.6) is 0 Å². The molecule has 0 saturated heterocycles. The standard InChI is InChI=1S/C12H10F2N2O3/c1-6-2-8(19-16-6)5-15-11-9(13)3-7(12(17)18)4-10(11)14/h2-4,15H,5H2,1H3,(H,17,18). The second-order valence-electron chi connectivity index (χ2n) is 3.91. The lowest BCUT2D eigenvalue weighted by Crippen LogP contribution is -2.06. The van der Waals surface area contributed by atoms with Crippen LogP contribution in [0.3, 0.4) is 0 Å². The predicted molar refractivity (Wildman–Crippen MR) is 61.9 cm³/mol. The van der Waals surface area contributed by atoms with Gasteiger partial charge in [-0.25, -0.2) is 13.6 Å². The van der Waals surface area contributed by atoms with E-state index in [9.17, 15) is 13.6 Å². The maximum Gasteiger partial charge on any atom is 0.335 e. The molecule has 0 aliphatic rings. The predicted octanol–water partition coefficient (Wildman–Crippen LogP) is 2.57. The van der Waals surface area contributed by atoms with Gasteiger partial charge >= 0.3 is 5.97 Å². The minimum Gasteiger partial charge on any atom is -0.478 e. The molecule has 0 fully saturated rings. The number of carbonyl (C=O) groups is 1. The first kappa shape index (κ1) is 13.0. The number of aromatic nitrogens is 1. The van der Waals surface area contributed by atoms with Gasteiger partial charge in [-0.15, -0.1) is 0 Å². The van der Waals surface area contributed by atoms with Crippen LogP contribution in [0, 0.1) is 18.6 Å². The Bertz CT molecular complexity index is 602. The third kappa shape index (κ3) is 2.87. The summed E-state index contributed by atoms with van der Waals surface area (Å²) < 4.78 is 32.0. The van der Waals surface area contributed by atoms with Crippen molar-refractivity contribution in [2.45, 2.75) is 13.5 Å². The minimum absolute atomic E-state index is 0.0428. The van der Waals surface area contributed by atoms with Gasteiger partial charge in [0.2, 0.25) is 0 Å². The van der Waals surface area contributed by atoms with Gasteiger partial charge in [-0.05, 0) is 19.1 Å². The third-order valence-electron chi connectivity index (χ3n) is 2.41. The van der Waals surface area contributed by atoms with Crippen LogP contribution in [-0.4, -0.2) is 16.2 Å². The van der Waals surface area contributed by atoms with Gasteiger partial charge in [-0.3, -0.25) is 0 Å². The Balaban J connectivity index is 2.18. The Morgan fingerprint density at radius 2 is 2.00 bits per heavy atom. The van der Waals surface area contributed by atoms with Crippen LogP contribution in [-0.2, 0) is 6.54 Å². The van der Waals surface area contributed by atoms with Crippen LogP contribution in [0.15, 0.2) is 22.7 Å². The largest absolute Gasteiger partial charge is 0.478 e. The first-order valence-electron chi connectivity index (χ1n) is 5.36. The molecule has 1 heterocycles. The molecule has 19 heavy (non-hydrogen) atoms. The van der Waals surface area contributed by atoms with Crippen LogP contribution in [0.25, 0.3) is 0 Å². The molecule has 2 aromatic rings. The van der Waals surface area contributed by atoms with Gasteiger partial charge in [-0.1, -0.05) is 5.16 Å². The Morgan fingerprint density at radius 1 is 1.37 bits per heavy atom. The maximum atomic E-state index is 13.6. The summed E-state index contributed by atoms with van der Waals surface area (Å²) >= 11 is 0. The summed E-state index contributed by atoms with van der Waals surface area (Å²) in [5.74, 6) is -2.93. The second-order valence-corrected chi connectivity index (χ2v) is 3.91. The van der Waals surface area contributed by atoms with Crippen LogP contribution in [0.2, 0.25) is 0 Å². The summed E-state index contributed by atoms with van der Waals surface area (Å²) in [5, 5.41) is 14.8. The van der Waals surface area contributed by atoms with Crippen LogP contribution in [0.4, 0.5) is 14.5 Å². The maximum absolute atomic E-state index is 13.6. The fourth-order valence-electron chi connectivity index (χ4n) is 1.54. The summed E-state index contributed by atoms with van der Waals surface area (Å²) in [4.78, 5) is 10.6. The van der Waals surface area contributed by atoms with E-state index in [-0.39, 0.29) is 6.54 Å². The molecule has 2 rings (SSSR count). The van der Waals surface area contributed by atoms with E-state index in [0.717, 1.165) is 12.1 Å². The minimum atomic E-state index is -1.39. The van der Waals surface area contributed by atoms with Gasteiger partial charge in [0.05, 0.1) is 17.8 Å². The van der Waals surface area contributed by atoms with E-state index in [1.54, 1.807) is 13.0 Å². The number of nitrogens with one attached hydrogen (secondary N) is 1. The molecule has 0 atom stereocenters. The lowest BCUT2D eigenvalue weighted by Gasteiger charge is -2.07. The Hall–Kier alpha value is -2.44. The monoisotopic (exact) mass is 268 g/mol. The van der Waals surface area contributed by atoms with Gasteiger partial charge in [0.25, 0.3) is 0 Å². The number of hydrogen-bond acceptors (Lipinski definition) is 4. The van der Waals surface area contributed by atoms with Crippen LogP contribution >= 0.6 is 0 Å². The number of nitrogens with zero attached hydrogens (tertiary/aromatic N) is 1. The van der Waals surface area contributed by atoms with E-state index >= 15 is 0 Å². The van der Waals surface area contributed by atoms with Gasteiger partial charge < -0.3 is 14.9 Å². The molecular formula is C12H10F2N2O3. The lowest BCUT2D eigenvalue weighted by molar-refractivity contribution is 0.0696. The van der Waals surface area contributed by atoms with E-state index in [1.807, 2.05) is 0 Å². The van der Waals surface area contributed by atoms with E-state index in [4.69, 9.17) is 9.63 Å². The van der Waals surface area contributed by atoms with Gasteiger partial charge in [0.1, 0.15) is 17.3 Å². The van der Waals surface area contributed by atoms with Crippen molar-refractivity contribution < 1.29 is 23.2 Å². The van der Waals surface area contributed by atoms with Crippen molar-refractivity contribution in [3.05, 3.63) is 46.9 Å². The first-order chi connectivity index (χ1) is 8.97. The molecular weight excluding hydrogens is 258 g/mol. The molecule has 0 aliphatic heterocycles. The van der Waals surface area contributed by atoms with Crippen molar-refractivity contribution in [1.29, 1.82) is 0 Å². The van der Waals surface area contributed by atoms with Crippen LogP contribution in [0.1, 0.15) is 21.8 Å². The molecule has 0 radical (unpaired) electrons. The number of anilines is 1. The summed E-state index contributed by atoms with van der Waals surface area (Å²) in [6, 6.07) is 3.12. The number of aryl methyl sites for hydroxylation is 1. The molecule has 0 amide bonds. The highest BCUT2D eigenvalue weighted by atomic mass is 19.1. The molecule has 7 heteroatoms. The van der Waals surface area contributed by atoms with Crippen molar-refractivity contribution >= 4 is 11.7 Å². The normalized spacial score (nSPS) is 10.5. The molecule has 1 aromatic heterocycles. The Labute approximate surface area is 106 Å². The fourth-order valence-corrected chi connectivity index (χ4v) is 1.54. The first-order valence-corrected chi connectivity index (χ1v) is 5.36. The van der Waals surface area contributed by atoms with Crippen molar-refractivity contribution in [3.8, 4) is 0 Å². The molecule has 1 aromatic carbocycles. The quantitative estimate of drug-likeness (QED) is 0.891. The highest BCUT2D eigenvalue weighted by molar-refractivity contribution is 5.88. The zero-order valence-electron chi connectivity index (χ0n) is 9.91. The zero-order valence-corrected chi connectivity index (χ0v) is 9.91. The van der Waals surface area contributed by atoms with Crippen molar-refractivity contribution in [2.24, 2.45) is 0 Å². The van der Waals surface area contributed by atoms with Gasteiger partial charge in [-0.2, -0.15) is 0 Å². The summed E-state index contributed by atoms with van der Waals surface area (Å²) in [5.41, 5.74) is -0.200. The summed E-state index contributed by atoms with van der Waals surface area (Å²) in [6.45, 7) is 1.76. The number of benzene rings is 1. The van der Waals surface area contributed by atoms with Crippen molar-refractivity contribution in [1.82, 2.24) is 5.16 Å². The second kappa shape index (κ2) is 5.05. The van der Waals surface area contributed by atoms with E-state index < -0.39 is 28.9 Å². The number of halogens is 2. The zero-order chi connectivity index (χ0) is 14.0. The average molecular weight is 268 g/mol. The SMILES string of the molecule is Cc1cc(CNc2c(F)cc(C(=O)O)cc2F)on1.